The first-order valence-corrected chi connectivity index (χ1v) is 6.98. The molecule has 4 unspecified atom stereocenters. The van der Waals surface area contributed by atoms with Crippen molar-refractivity contribution in [2.45, 2.75) is 33.0 Å². The molecule has 0 radical (unpaired) electrons. The fourth-order valence-corrected chi connectivity index (χ4v) is 2.76. The molecule has 0 saturated carbocycles. The van der Waals surface area contributed by atoms with Crippen LogP contribution in [0.1, 0.15) is 26.3 Å². The minimum Gasteiger partial charge on any atom is -0.409 e. The van der Waals surface area contributed by atoms with Crippen molar-refractivity contribution in [1.29, 1.82) is 0 Å². The lowest BCUT2D eigenvalue weighted by molar-refractivity contribution is -0.121. The van der Waals surface area contributed by atoms with Gasteiger partial charge in [-0.1, -0.05) is 24.2 Å². The minimum absolute atomic E-state index is 0.00524. The molecule has 4 N–H and O–H groups in total. The fourth-order valence-electron chi connectivity index (χ4n) is 2.76. The number of ether oxygens (including phenoxy) is 1. The van der Waals surface area contributed by atoms with E-state index in [9.17, 15) is 4.79 Å². The van der Waals surface area contributed by atoms with Crippen LogP contribution in [0.15, 0.2) is 29.4 Å². The van der Waals surface area contributed by atoms with Gasteiger partial charge in [0.1, 0.15) is 0 Å². The van der Waals surface area contributed by atoms with E-state index < -0.39 is 0 Å². The van der Waals surface area contributed by atoms with Gasteiger partial charge in [0.15, 0.2) is 5.84 Å². The van der Waals surface area contributed by atoms with E-state index in [2.05, 4.69) is 10.5 Å². The van der Waals surface area contributed by atoms with Crippen LogP contribution in [0.25, 0.3) is 0 Å². The van der Waals surface area contributed by atoms with Crippen LogP contribution in [-0.2, 0) is 9.53 Å². The predicted octanol–water partition coefficient (Wildman–Crippen LogP) is 1.78. The van der Waals surface area contributed by atoms with Gasteiger partial charge in [-0.25, -0.2) is 0 Å². The maximum absolute atomic E-state index is 12.4. The maximum Gasteiger partial charge on any atom is 0.230 e. The van der Waals surface area contributed by atoms with Gasteiger partial charge in [0.2, 0.25) is 5.91 Å². The van der Waals surface area contributed by atoms with Crippen LogP contribution in [-0.4, -0.2) is 29.2 Å². The Bertz CT molecular complexity index is 559. The number of amidine groups is 1. The molecule has 1 aromatic rings. The first-order chi connectivity index (χ1) is 9.93. The Balaban J connectivity index is 2.13. The van der Waals surface area contributed by atoms with E-state index in [0.717, 1.165) is 0 Å². The Morgan fingerprint density at radius 1 is 1.33 bits per heavy atom. The molecule has 1 aliphatic rings. The van der Waals surface area contributed by atoms with E-state index in [4.69, 9.17) is 15.7 Å². The first kappa shape index (κ1) is 15.3. The molecule has 114 valence electrons. The molecule has 0 aromatic heterocycles. The van der Waals surface area contributed by atoms with Crippen LogP contribution in [0.3, 0.4) is 0 Å². The number of rotatable bonds is 3. The molecule has 21 heavy (non-hydrogen) atoms. The summed E-state index contributed by atoms with van der Waals surface area (Å²) >= 11 is 0. The minimum atomic E-state index is -0.187. The molecular weight excluding hydrogens is 270 g/mol. The number of carbonyl (C=O) groups is 1. The van der Waals surface area contributed by atoms with Crippen LogP contribution < -0.4 is 11.1 Å². The van der Waals surface area contributed by atoms with Gasteiger partial charge < -0.3 is 21.0 Å². The number of carbonyl (C=O) groups excluding carboxylic acids is 1. The van der Waals surface area contributed by atoms with Crippen molar-refractivity contribution in [2.24, 2.45) is 22.7 Å². The summed E-state index contributed by atoms with van der Waals surface area (Å²) in [4.78, 5) is 12.4. The number of hydrogen-bond acceptors (Lipinski definition) is 4. The molecule has 4 atom stereocenters. The monoisotopic (exact) mass is 291 g/mol. The lowest BCUT2D eigenvalue weighted by Gasteiger charge is -2.18. The van der Waals surface area contributed by atoms with E-state index in [1.807, 2.05) is 20.8 Å². The summed E-state index contributed by atoms with van der Waals surface area (Å²) in [5, 5.41) is 14.5. The molecule has 0 aliphatic carbocycles. The van der Waals surface area contributed by atoms with Gasteiger partial charge in [-0.05, 0) is 31.9 Å². The number of amides is 1. The average Bonchev–Trinajstić information content (AvgIpc) is 2.71. The molecule has 1 aromatic carbocycles. The zero-order valence-electron chi connectivity index (χ0n) is 12.4. The van der Waals surface area contributed by atoms with Crippen LogP contribution in [0.4, 0.5) is 5.69 Å². The number of nitrogens with zero attached hydrogens (tertiary/aromatic N) is 1. The van der Waals surface area contributed by atoms with Crippen molar-refractivity contribution in [3.8, 4) is 0 Å². The third kappa shape index (κ3) is 3.16. The highest BCUT2D eigenvalue weighted by atomic mass is 16.5. The van der Waals surface area contributed by atoms with Crippen LogP contribution >= 0.6 is 0 Å². The van der Waals surface area contributed by atoms with E-state index in [1.54, 1.807) is 24.3 Å². The topological polar surface area (TPSA) is 96.9 Å². The lowest BCUT2D eigenvalue weighted by atomic mass is 9.89. The molecule has 1 heterocycles. The molecule has 2 rings (SSSR count). The first-order valence-electron chi connectivity index (χ1n) is 6.98. The summed E-state index contributed by atoms with van der Waals surface area (Å²) in [6, 6.07) is 6.88. The molecule has 0 bridgehead atoms. The standard InChI is InChI=1S/C15H21N3O3/c1-8-9(2)21-10(3)13(8)15(19)17-12-6-4-5-11(7-12)14(16)18-20/h4-10,13,20H,1-3H3,(H2,16,18)(H,17,19). The van der Waals surface area contributed by atoms with E-state index in [-0.39, 0.29) is 35.8 Å². The van der Waals surface area contributed by atoms with Crippen molar-refractivity contribution in [3.63, 3.8) is 0 Å². The van der Waals surface area contributed by atoms with Gasteiger partial charge in [0.25, 0.3) is 0 Å². The average molecular weight is 291 g/mol. The SMILES string of the molecule is CC1OC(C)C(C(=O)Nc2cccc(C(N)=NO)c2)C1C. The number of nitrogens with two attached hydrogens (primary N) is 1. The molecule has 6 nitrogen and oxygen atoms in total. The third-order valence-corrected chi connectivity index (χ3v) is 4.08. The van der Waals surface area contributed by atoms with E-state index >= 15 is 0 Å². The number of oxime groups is 1. The fraction of sp³-hybridized carbons (Fsp3) is 0.467. The second-order valence-corrected chi connectivity index (χ2v) is 5.49. The van der Waals surface area contributed by atoms with Crippen LogP contribution in [0, 0.1) is 11.8 Å². The Hall–Kier alpha value is -2.08. The van der Waals surface area contributed by atoms with Crippen LogP contribution in [0.2, 0.25) is 0 Å². The van der Waals surface area contributed by atoms with E-state index in [1.165, 1.54) is 0 Å². The van der Waals surface area contributed by atoms with Crippen molar-refractivity contribution < 1.29 is 14.7 Å². The highest BCUT2D eigenvalue weighted by molar-refractivity contribution is 5.99. The van der Waals surface area contributed by atoms with Crippen molar-refractivity contribution >= 4 is 17.4 Å². The highest BCUT2D eigenvalue weighted by Crippen LogP contribution is 2.33. The van der Waals surface area contributed by atoms with Gasteiger partial charge in [-0.3, -0.25) is 4.79 Å². The van der Waals surface area contributed by atoms with Gasteiger partial charge in [-0.15, -0.1) is 0 Å². The summed E-state index contributed by atoms with van der Waals surface area (Å²) in [6.07, 6.45) is -0.0403. The second kappa shape index (κ2) is 6.13. The van der Waals surface area contributed by atoms with Gasteiger partial charge >= 0.3 is 0 Å². The number of benzene rings is 1. The zero-order valence-corrected chi connectivity index (χ0v) is 12.4. The van der Waals surface area contributed by atoms with Crippen LogP contribution in [0.5, 0.6) is 0 Å². The molecule has 1 amide bonds. The van der Waals surface area contributed by atoms with Gasteiger partial charge in [0, 0.05) is 11.3 Å². The third-order valence-electron chi connectivity index (χ3n) is 4.08. The molecule has 6 heteroatoms. The quantitative estimate of drug-likeness (QED) is 0.342. The Morgan fingerprint density at radius 3 is 2.62 bits per heavy atom. The Morgan fingerprint density at radius 2 is 2.05 bits per heavy atom. The summed E-state index contributed by atoms with van der Waals surface area (Å²) in [5.74, 6) is -0.0959. The number of anilines is 1. The van der Waals surface area contributed by atoms with E-state index in [0.29, 0.717) is 11.3 Å². The van der Waals surface area contributed by atoms with Crippen molar-refractivity contribution in [1.82, 2.24) is 0 Å². The summed E-state index contributed by atoms with van der Waals surface area (Å²) in [7, 11) is 0. The summed E-state index contributed by atoms with van der Waals surface area (Å²) in [5.41, 5.74) is 6.71. The van der Waals surface area contributed by atoms with Crippen molar-refractivity contribution in [3.05, 3.63) is 29.8 Å². The van der Waals surface area contributed by atoms with Gasteiger partial charge in [0.05, 0.1) is 18.1 Å². The normalized spacial score (nSPS) is 29.4. The summed E-state index contributed by atoms with van der Waals surface area (Å²) in [6.45, 7) is 5.91. The molecule has 0 spiro atoms. The predicted molar refractivity (Wildman–Crippen MR) is 80.2 cm³/mol. The maximum atomic E-state index is 12.4. The van der Waals surface area contributed by atoms with Crippen molar-refractivity contribution in [2.75, 3.05) is 5.32 Å². The lowest BCUT2D eigenvalue weighted by Crippen LogP contribution is -2.32. The molecule has 1 fully saturated rings. The second-order valence-electron chi connectivity index (χ2n) is 5.49. The molecular formula is C15H21N3O3. The molecule has 1 saturated heterocycles. The van der Waals surface area contributed by atoms with Gasteiger partial charge in [-0.2, -0.15) is 0 Å². The largest absolute Gasteiger partial charge is 0.409 e. The summed E-state index contributed by atoms with van der Waals surface area (Å²) < 4.78 is 5.69. The molecule has 1 aliphatic heterocycles. The number of nitrogens with one attached hydrogen (secondary N) is 1. The Kier molecular flexibility index (Phi) is 4.47. The highest BCUT2D eigenvalue weighted by Gasteiger charge is 2.41. The zero-order chi connectivity index (χ0) is 15.6. The smallest absolute Gasteiger partial charge is 0.230 e. The Labute approximate surface area is 124 Å². The number of hydrogen-bond donors (Lipinski definition) is 3.